The van der Waals surface area contributed by atoms with Gasteiger partial charge in [-0.05, 0) is 141 Å². The molecule has 0 bridgehead atoms. The van der Waals surface area contributed by atoms with Crippen LogP contribution in [0, 0.1) is 0 Å². The monoisotopic (exact) mass is 1080 g/mol. The molecule has 0 aromatic carbocycles. The van der Waals surface area contributed by atoms with Gasteiger partial charge in [-0.25, -0.2) is 0 Å². The van der Waals surface area contributed by atoms with Crippen LogP contribution in [0.2, 0.25) is 0 Å². The highest BCUT2D eigenvalue weighted by Crippen LogP contribution is 2.15. The maximum absolute atomic E-state index is 12.9. The highest BCUT2D eigenvalue weighted by molar-refractivity contribution is 5.71. The maximum Gasteiger partial charge on any atom is 0.306 e. The smallest absolute Gasteiger partial charge is 0.306 e. The first kappa shape index (κ1) is 73.5. The van der Waals surface area contributed by atoms with E-state index in [2.05, 4.69) is 154 Å². The minimum absolute atomic E-state index is 0.101. The second-order valence-corrected chi connectivity index (χ2v) is 20.9. The summed E-state index contributed by atoms with van der Waals surface area (Å²) in [5.41, 5.74) is 0. The van der Waals surface area contributed by atoms with E-state index in [1.54, 1.807) is 0 Å². The number of ether oxygens (including phenoxy) is 3. The Morgan fingerprint density at radius 1 is 0.269 bits per heavy atom. The van der Waals surface area contributed by atoms with Crippen molar-refractivity contribution in [1.29, 1.82) is 0 Å². The van der Waals surface area contributed by atoms with Gasteiger partial charge in [0.15, 0.2) is 6.10 Å². The molecule has 0 saturated heterocycles. The second-order valence-electron chi connectivity index (χ2n) is 20.9. The van der Waals surface area contributed by atoms with Crippen LogP contribution in [0.5, 0.6) is 0 Å². The van der Waals surface area contributed by atoms with Gasteiger partial charge in [0.05, 0.1) is 0 Å². The Kier molecular flexibility index (Phi) is 61.4. The quantitative estimate of drug-likeness (QED) is 0.0261. The molecule has 6 nitrogen and oxygen atoms in total. The van der Waals surface area contributed by atoms with Gasteiger partial charge in [0.25, 0.3) is 0 Å². The first-order valence-corrected chi connectivity index (χ1v) is 32.2. The van der Waals surface area contributed by atoms with Crippen molar-refractivity contribution in [1.82, 2.24) is 0 Å². The zero-order valence-corrected chi connectivity index (χ0v) is 50.6. The van der Waals surface area contributed by atoms with E-state index in [-0.39, 0.29) is 31.1 Å². The predicted molar refractivity (Wildman–Crippen MR) is 339 cm³/mol. The summed E-state index contributed by atoms with van der Waals surface area (Å²) in [6, 6.07) is 0. The summed E-state index contributed by atoms with van der Waals surface area (Å²) in [7, 11) is 0. The lowest BCUT2D eigenvalue weighted by Gasteiger charge is -2.18. The van der Waals surface area contributed by atoms with Crippen LogP contribution in [0.3, 0.4) is 0 Å². The molecular formula is C72H118O6. The summed E-state index contributed by atoms with van der Waals surface area (Å²) in [4.78, 5) is 38.3. The van der Waals surface area contributed by atoms with E-state index < -0.39 is 6.10 Å². The molecule has 0 fully saturated rings. The Hall–Kier alpha value is -4.45. The van der Waals surface area contributed by atoms with Gasteiger partial charge < -0.3 is 14.2 Å². The Labute approximate surface area is 481 Å². The zero-order valence-electron chi connectivity index (χ0n) is 50.6. The van der Waals surface area contributed by atoms with Gasteiger partial charge in [-0.1, -0.05) is 257 Å². The number of carbonyl (C=O) groups excluding carboxylic acids is 3. The van der Waals surface area contributed by atoms with Crippen molar-refractivity contribution < 1.29 is 28.6 Å². The van der Waals surface area contributed by atoms with Gasteiger partial charge in [-0.15, -0.1) is 0 Å². The highest BCUT2D eigenvalue weighted by Gasteiger charge is 2.19. The van der Waals surface area contributed by atoms with Gasteiger partial charge in [0.2, 0.25) is 0 Å². The molecule has 6 heteroatoms. The molecule has 1 unspecified atom stereocenters. The van der Waals surface area contributed by atoms with Crippen molar-refractivity contribution >= 4 is 17.9 Å². The Bertz CT molecular complexity index is 1670. The average Bonchev–Trinajstić information content (AvgIpc) is 3.44. The minimum atomic E-state index is -0.807. The number of allylic oxidation sites excluding steroid dienone is 22. The van der Waals surface area contributed by atoms with Crippen LogP contribution >= 0.6 is 0 Å². The fraction of sp³-hybridized carbons (Fsp3) is 0.653. The van der Waals surface area contributed by atoms with Crippen LogP contribution in [0.25, 0.3) is 0 Å². The number of hydrogen-bond acceptors (Lipinski definition) is 6. The molecule has 0 rings (SSSR count). The molecule has 0 radical (unpaired) electrons. The molecule has 0 saturated carbocycles. The Morgan fingerprint density at radius 2 is 0.500 bits per heavy atom. The Morgan fingerprint density at radius 3 is 0.821 bits per heavy atom. The molecule has 0 N–H and O–H groups in total. The molecule has 0 spiro atoms. The molecule has 0 aliphatic heterocycles. The van der Waals surface area contributed by atoms with Crippen molar-refractivity contribution in [2.45, 2.75) is 290 Å². The molecular weight excluding hydrogens is 961 g/mol. The van der Waals surface area contributed by atoms with Gasteiger partial charge in [-0.2, -0.15) is 0 Å². The molecule has 0 heterocycles. The van der Waals surface area contributed by atoms with Crippen molar-refractivity contribution in [2.75, 3.05) is 13.2 Å². The average molecular weight is 1080 g/mol. The number of unbranched alkanes of at least 4 members (excludes halogenated alkanes) is 24. The van der Waals surface area contributed by atoms with Crippen LogP contribution < -0.4 is 0 Å². The minimum Gasteiger partial charge on any atom is -0.462 e. The third kappa shape index (κ3) is 62.4. The molecule has 0 amide bonds. The third-order valence-corrected chi connectivity index (χ3v) is 13.4. The van der Waals surface area contributed by atoms with Crippen LogP contribution in [0.1, 0.15) is 284 Å². The van der Waals surface area contributed by atoms with E-state index in [9.17, 15) is 14.4 Å². The standard InChI is InChI=1S/C72H118O6/c1-4-7-10-13-16-19-22-25-28-31-33-34-35-36-37-38-40-41-44-47-50-53-56-59-62-65-71(74)77-68-69(67-76-70(73)64-61-58-55-52-49-46-43-30-27-24-21-18-15-12-9-6-3)78-72(75)66-63-60-57-54-51-48-45-42-39-32-29-26-23-20-17-14-11-8-5-2/h7,10,16-17,19-21,24-26,28-30,33-34,36-37,40-41,43,47,50,69H,4-6,8-9,11-15,18,22-23,27,31-32,35,38-39,42,44-46,48-49,51-68H2,1-3H3/b10-7-,19-16-,20-17-,24-21-,28-25-,29-26-,34-33-,37-36-,41-40-,43-30-,50-47-. The molecule has 0 aromatic rings. The van der Waals surface area contributed by atoms with Gasteiger partial charge in [0, 0.05) is 19.3 Å². The maximum atomic E-state index is 12.9. The number of rotatable bonds is 57. The number of esters is 3. The van der Waals surface area contributed by atoms with Crippen molar-refractivity contribution in [3.8, 4) is 0 Å². The largest absolute Gasteiger partial charge is 0.462 e. The summed E-state index contributed by atoms with van der Waals surface area (Å²) in [6.07, 6.45) is 91.6. The lowest BCUT2D eigenvalue weighted by Crippen LogP contribution is -2.30. The summed E-state index contributed by atoms with van der Waals surface area (Å²) in [5.74, 6) is -0.949. The van der Waals surface area contributed by atoms with Crippen LogP contribution in [-0.2, 0) is 28.6 Å². The molecule has 78 heavy (non-hydrogen) atoms. The fourth-order valence-electron chi connectivity index (χ4n) is 8.54. The first-order valence-electron chi connectivity index (χ1n) is 32.2. The third-order valence-electron chi connectivity index (χ3n) is 13.4. The summed E-state index contributed by atoms with van der Waals surface area (Å²) in [6.45, 7) is 6.45. The lowest BCUT2D eigenvalue weighted by atomic mass is 10.1. The van der Waals surface area contributed by atoms with Gasteiger partial charge in [-0.3, -0.25) is 14.4 Å². The summed E-state index contributed by atoms with van der Waals surface area (Å²) >= 11 is 0. The van der Waals surface area contributed by atoms with E-state index >= 15 is 0 Å². The van der Waals surface area contributed by atoms with Crippen molar-refractivity contribution in [3.63, 3.8) is 0 Å². The number of carbonyl (C=O) groups is 3. The zero-order chi connectivity index (χ0) is 56.4. The lowest BCUT2D eigenvalue weighted by molar-refractivity contribution is -0.167. The number of hydrogen-bond donors (Lipinski definition) is 0. The topological polar surface area (TPSA) is 78.9 Å². The van der Waals surface area contributed by atoms with E-state index in [4.69, 9.17) is 14.2 Å². The Balaban J connectivity index is 4.48. The first-order chi connectivity index (χ1) is 38.5. The van der Waals surface area contributed by atoms with Crippen molar-refractivity contribution in [3.05, 3.63) is 134 Å². The van der Waals surface area contributed by atoms with E-state index in [0.717, 1.165) is 141 Å². The van der Waals surface area contributed by atoms with E-state index in [1.807, 2.05) is 0 Å². The normalized spacial score (nSPS) is 13.0. The predicted octanol–water partition coefficient (Wildman–Crippen LogP) is 22.2. The second kappa shape index (κ2) is 65.1. The van der Waals surface area contributed by atoms with Crippen LogP contribution in [0.4, 0.5) is 0 Å². The SMILES string of the molecule is CC/C=C\C/C=C\C/C=C\C/C=C\C/C=C\C/C=C\C/C=C\CCCCCC(=O)OCC(COC(=O)CCCCCCC/C=C\C/C=C\CCCCCC)OC(=O)CCCCCCCCCCC/C=C\C/C=C\CCCCC. The van der Waals surface area contributed by atoms with Crippen molar-refractivity contribution in [2.24, 2.45) is 0 Å². The molecule has 442 valence electrons. The summed E-state index contributed by atoms with van der Waals surface area (Å²) < 4.78 is 16.9. The van der Waals surface area contributed by atoms with Gasteiger partial charge >= 0.3 is 17.9 Å². The van der Waals surface area contributed by atoms with E-state index in [0.29, 0.717) is 19.3 Å². The molecule has 0 aliphatic rings. The van der Waals surface area contributed by atoms with Gasteiger partial charge in [0.1, 0.15) is 13.2 Å². The molecule has 0 aromatic heterocycles. The van der Waals surface area contributed by atoms with Crippen LogP contribution in [0.15, 0.2) is 134 Å². The fourth-order valence-corrected chi connectivity index (χ4v) is 8.54. The van der Waals surface area contributed by atoms with E-state index in [1.165, 1.54) is 103 Å². The molecule has 0 aliphatic carbocycles. The highest BCUT2D eigenvalue weighted by atomic mass is 16.6. The van der Waals surface area contributed by atoms with Crippen LogP contribution in [-0.4, -0.2) is 37.2 Å². The summed E-state index contributed by atoms with van der Waals surface area (Å²) in [5, 5.41) is 0. The molecule has 1 atom stereocenters.